The second kappa shape index (κ2) is 6.10. The van der Waals surface area contributed by atoms with Gasteiger partial charge in [0, 0.05) is 5.38 Å². The van der Waals surface area contributed by atoms with Crippen LogP contribution in [0.5, 0.6) is 0 Å². The van der Waals surface area contributed by atoms with E-state index in [4.69, 9.17) is 10.3 Å². The van der Waals surface area contributed by atoms with Crippen LogP contribution in [0.1, 0.15) is 12.6 Å². The summed E-state index contributed by atoms with van der Waals surface area (Å²) in [6.45, 7) is 1.36. The molecule has 1 aliphatic rings. The Morgan fingerprint density at radius 1 is 1.61 bits per heavy atom. The Bertz CT molecular complexity index is 772. The minimum Gasteiger partial charge on any atom is -0.398 e. The maximum absolute atomic E-state index is 12.2. The maximum Gasteiger partial charge on any atom is 0.362 e. The summed E-state index contributed by atoms with van der Waals surface area (Å²) in [4.78, 5) is 32.4. The molecule has 1 fully saturated rings. The van der Waals surface area contributed by atoms with Gasteiger partial charge in [0.15, 0.2) is 10.8 Å². The Labute approximate surface area is 135 Å². The minimum atomic E-state index is -4.66. The molecular formula is C10H13N5O6S2. The van der Waals surface area contributed by atoms with Gasteiger partial charge in [-0.15, -0.1) is 11.3 Å². The highest BCUT2D eigenvalue weighted by Crippen LogP contribution is 2.23. The van der Waals surface area contributed by atoms with Crippen molar-refractivity contribution in [3.8, 4) is 0 Å². The molecule has 4 N–H and O–H groups in total. The van der Waals surface area contributed by atoms with E-state index in [0.717, 1.165) is 11.3 Å². The van der Waals surface area contributed by atoms with Gasteiger partial charge in [-0.1, -0.05) is 5.16 Å². The number of aromatic nitrogens is 1. The van der Waals surface area contributed by atoms with Crippen molar-refractivity contribution in [1.82, 2.24) is 14.6 Å². The number of anilines is 1. The second-order valence-corrected chi connectivity index (χ2v) is 6.68. The van der Waals surface area contributed by atoms with E-state index in [1.54, 1.807) is 0 Å². The van der Waals surface area contributed by atoms with Crippen molar-refractivity contribution in [1.29, 1.82) is 0 Å². The van der Waals surface area contributed by atoms with Crippen LogP contribution in [0.2, 0.25) is 0 Å². The molecule has 1 aliphatic heterocycles. The molecule has 2 heterocycles. The van der Waals surface area contributed by atoms with Gasteiger partial charge in [0.25, 0.3) is 11.8 Å². The Morgan fingerprint density at radius 2 is 2.26 bits per heavy atom. The van der Waals surface area contributed by atoms with E-state index >= 15 is 0 Å². The molecule has 126 valence electrons. The van der Waals surface area contributed by atoms with Gasteiger partial charge in [-0.05, 0) is 6.92 Å². The van der Waals surface area contributed by atoms with Gasteiger partial charge < -0.3 is 15.9 Å². The van der Waals surface area contributed by atoms with E-state index in [1.165, 1.54) is 19.4 Å². The lowest BCUT2D eigenvalue weighted by Gasteiger charge is -2.42. The molecule has 2 amide bonds. The summed E-state index contributed by atoms with van der Waals surface area (Å²) in [7, 11) is -3.44. The fraction of sp³-hybridized carbons (Fsp3) is 0.400. The third-order valence-electron chi connectivity index (χ3n) is 3.03. The molecule has 11 nitrogen and oxygen atoms in total. The van der Waals surface area contributed by atoms with Crippen molar-refractivity contribution in [2.45, 2.75) is 19.0 Å². The number of hydrogen-bond donors (Lipinski definition) is 3. The molecule has 13 heteroatoms. The lowest BCUT2D eigenvalue weighted by Crippen LogP contribution is -2.71. The summed E-state index contributed by atoms with van der Waals surface area (Å²) < 4.78 is 31.2. The van der Waals surface area contributed by atoms with Crippen LogP contribution in [0.25, 0.3) is 0 Å². The third kappa shape index (κ3) is 3.25. The average Bonchev–Trinajstić information content (AvgIpc) is 2.86. The highest BCUT2D eigenvalue weighted by molar-refractivity contribution is 7.84. The van der Waals surface area contributed by atoms with Crippen LogP contribution in [-0.2, 0) is 24.7 Å². The first-order chi connectivity index (χ1) is 10.7. The van der Waals surface area contributed by atoms with Crippen molar-refractivity contribution in [2.24, 2.45) is 5.16 Å². The Kier molecular flexibility index (Phi) is 4.53. The zero-order valence-electron chi connectivity index (χ0n) is 12.0. The number of nitrogens with zero attached hydrogens (tertiary/aromatic N) is 3. The van der Waals surface area contributed by atoms with Gasteiger partial charge in [-0.25, -0.2) is 9.29 Å². The Hall–Kier alpha value is -2.25. The highest BCUT2D eigenvalue weighted by Gasteiger charge is 2.51. The predicted octanol–water partition coefficient (Wildman–Crippen LogP) is -1.41. The van der Waals surface area contributed by atoms with Gasteiger partial charge in [0.05, 0.1) is 6.04 Å². The summed E-state index contributed by atoms with van der Waals surface area (Å²) in [5.41, 5.74) is 5.42. The van der Waals surface area contributed by atoms with Crippen molar-refractivity contribution >= 4 is 44.3 Å². The van der Waals surface area contributed by atoms with E-state index in [0.29, 0.717) is 0 Å². The maximum atomic E-state index is 12.2. The average molecular weight is 363 g/mol. The third-order valence-corrected chi connectivity index (χ3v) is 4.72. The predicted molar refractivity (Wildman–Crippen MR) is 79.9 cm³/mol. The quantitative estimate of drug-likeness (QED) is 0.248. The number of β-lactam (4-membered cyclic amide) rings is 1. The van der Waals surface area contributed by atoms with Crippen LogP contribution in [-0.4, -0.2) is 59.0 Å². The van der Waals surface area contributed by atoms with Crippen molar-refractivity contribution in [3.63, 3.8) is 0 Å². The molecule has 0 radical (unpaired) electrons. The standard InChI is InChI=1S/C10H13N5O6S2/c1-4-6(9(17)15(4)23(18,19)20)13-8(16)7(14-21-2)5-3-22-10(11)12-5/h3-4,6H,1-2H3,(H2,11,12)(H,13,16)(H,18,19,20)/b14-7-/t4-,6-/m0/s1. The topological polar surface area (TPSA) is 164 Å². The van der Waals surface area contributed by atoms with Crippen LogP contribution in [0.3, 0.4) is 0 Å². The molecule has 1 saturated heterocycles. The van der Waals surface area contributed by atoms with Crippen LogP contribution in [0, 0.1) is 0 Å². The summed E-state index contributed by atoms with van der Waals surface area (Å²) in [5.74, 6) is -1.75. The first kappa shape index (κ1) is 17.1. The molecule has 0 aromatic carbocycles. The summed E-state index contributed by atoms with van der Waals surface area (Å²) in [6, 6.07) is -2.06. The molecule has 0 spiro atoms. The first-order valence-corrected chi connectivity index (χ1v) is 8.38. The number of nitrogen functional groups attached to an aromatic ring is 1. The molecule has 1 aromatic rings. The fourth-order valence-electron chi connectivity index (χ4n) is 2.01. The summed E-state index contributed by atoms with van der Waals surface area (Å²) in [5, 5.41) is 7.54. The van der Waals surface area contributed by atoms with E-state index in [-0.39, 0.29) is 20.8 Å². The van der Waals surface area contributed by atoms with Crippen molar-refractivity contribution < 1.29 is 27.4 Å². The SMILES string of the molecule is CO/N=C(\C(=O)N[C@@H]1C(=O)N(S(=O)(=O)O)[C@H]1C)c1csc(N)n1. The van der Waals surface area contributed by atoms with E-state index in [2.05, 4.69) is 20.3 Å². The van der Waals surface area contributed by atoms with Crippen molar-refractivity contribution in [3.05, 3.63) is 11.1 Å². The second-order valence-electron chi connectivity index (χ2n) is 4.50. The van der Waals surface area contributed by atoms with Gasteiger partial charge in [-0.2, -0.15) is 8.42 Å². The number of amides is 2. The number of oxime groups is 1. The number of nitrogens with one attached hydrogen (secondary N) is 1. The number of thiazole rings is 1. The van der Waals surface area contributed by atoms with Crippen molar-refractivity contribution in [2.75, 3.05) is 12.8 Å². The minimum absolute atomic E-state index is 0.151. The zero-order chi connectivity index (χ0) is 17.4. The molecule has 23 heavy (non-hydrogen) atoms. The van der Waals surface area contributed by atoms with Gasteiger partial charge >= 0.3 is 10.3 Å². The Morgan fingerprint density at radius 3 is 2.70 bits per heavy atom. The summed E-state index contributed by atoms with van der Waals surface area (Å²) >= 11 is 1.08. The van der Waals surface area contributed by atoms with Crippen LogP contribution < -0.4 is 11.1 Å². The van der Waals surface area contributed by atoms with Gasteiger partial charge in [-0.3, -0.25) is 14.1 Å². The molecule has 0 unspecified atom stereocenters. The first-order valence-electron chi connectivity index (χ1n) is 6.11. The number of carbonyl (C=O) groups is 2. The Balaban J connectivity index is 2.15. The largest absolute Gasteiger partial charge is 0.398 e. The lowest BCUT2D eigenvalue weighted by molar-refractivity contribution is -0.143. The molecule has 0 bridgehead atoms. The molecule has 0 aliphatic carbocycles. The van der Waals surface area contributed by atoms with Crippen LogP contribution >= 0.6 is 11.3 Å². The molecule has 0 saturated carbocycles. The molecular weight excluding hydrogens is 350 g/mol. The van der Waals surface area contributed by atoms with Gasteiger partial charge in [0.2, 0.25) is 0 Å². The van der Waals surface area contributed by atoms with Crippen LogP contribution in [0.4, 0.5) is 5.13 Å². The lowest BCUT2D eigenvalue weighted by atomic mass is 10.0. The number of nitrogens with two attached hydrogens (primary N) is 1. The number of hydrogen-bond acceptors (Lipinski definition) is 9. The zero-order valence-corrected chi connectivity index (χ0v) is 13.6. The highest BCUT2D eigenvalue weighted by atomic mass is 32.2. The normalized spacial score (nSPS) is 21.8. The van der Waals surface area contributed by atoms with Crippen LogP contribution in [0.15, 0.2) is 10.5 Å². The van der Waals surface area contributed by atoms with E-state index in [9.17, 15) is 18.0 Å². The fourth-order valence-corrected chi connectivity index (χ4v) is 3.44. The number of rotatable bonds is 5. The molecule has 2 rings (SSSR count). The smallest absolute Gasteiger partial charge is 0.362 e. The van der Waals surface area contributed by atoms with E-state index < -0.39 is 34.2 Å². The van der Waals surface area contributed by atoms with E-state index in [1.807, 2.05) is 0 Å². The molecule has 1 aromatic heterocycles. The number of carbonyl (C=O) groups excluding carboxylic acids is 2. The monoisotopic (exact) mass is 363 g/mol. The van der Waals surface area contributed by atoms with Gasteiger partial charge in [0.1, 0.15) is 18.8 Å². The molecule has 2 atom stereocenters. The summed E-state index contributed by atoms with van der Waals surface area (Å²) in [6.07, 6.45) is 0.